The molecule has 2 aromatic rings. The van der Waals surface area contributed by atoms with Crippen LogP contribution in [-0.2, 0) is 0 Å². The number of rotatable bonds is 3. The van der Waals surface area contributed by atoms with Gasteiger partial charge in [-0.2, -0.15) is 0 Å². The van der Waals surface area contributed by atoms with E-state index >= 15 is 0 Å². The second kappa shape index (κ2) is 5.45. The van der Waals surface area contributed by atoms with Gasteiger partial charge < -0.3 is 9.64 Å². The number of alkyl halides is 3. The zero-order valence-electron chi connectivity index (χ0n) is 11.1. The van der Waals surface area contributed by atoms with E-state index in [1.165, 1.54) is 12.1 Å². The molecule has 2 rings (SSSR count). The topological polar surface area (TPSA) is 12.5 Å². The minimum Gasteiger partial charge on any atom is -0.405 e. The minimum absolute atomic E-state index is 0.198. The third-order valence-corrected chi connectivity index (χ3v) is 2.79. The molecule has 0 aliphatic carbocycles. The summed E-state index contributed by atoms with van der Waals surface area (Å²) in [5.41, 5.74) is 1.99. The molecule has 0 aliphatic heterocycles. The van der Waals surface area contributed by atoms with E-state index in [1.807, 2.05) is 31.1 Å². The van der Waals surface area contributed by atoms with E-state index in [0.29, 0.717) is 11.1 Å². The number of halogens is 3. The Morgan fingerprint density at radius 3 is 2.30 bits per heavy atom. The third kappa shape index (κ3) is 3.44. The van der Waals surface area contributed by atoms with Gasteiger partial charge in [-0.15, -0.1) is 13.2 Å². The molecule has 0 saturated carbocycles. The first-order chi connectivity index (χ1) is 9.37. The number of hydrogen-bond acceptors (Lipinski definition) is 2. The molecule has 106 valence electrons. The monoisotopic (exact) mass is 281 g/mol. The Kier molecular flexibility index (Phi) is 3.88. The molecule has 0 unspecified atom stereocenters. The highest BCUT2D eigenvalue weighted by atomic mass is 19.4. The van der Waals surface area contributed by atoms with Gasteiger partial charge in [0.2, 0.25) is 0 Å². The SMILES string of the molecule is CN(C)c1cccc(-c2ccccc2OC(F)(F)F)c1. The van der Waals surface area contributed by atoms with Crippen molar-refractivity contribution in [3.8, 4) is 16.9 Å². The van der Waals surface area contributed by atoms with Crippen molar-refractivity contribution >= 4 is 5.69 Å². The average molecular weight is 281 g/mol. The van der Waals surface area contributed by atoms with Crippen molar-refractivity contribution in [2.45, 2.75) is 6.36 Å². The number of benzene rings is 2. The van der Waals surface area contributed by atoms with E-state index < -0.39 is 6.36 Å². The lowest BCUT2D eigenvalue weighted by Crippen LogP contribution is -2.17. The molecule has 0 saturated heterocycles. The summed E-state index contributed by atoms with van der Waals surface area (Å²) in [7, 11) is 3.74. The molecule has 5 heteroatoms. The Balaban J connectivity index is 2.45. The fourth-order valence-electron chi connectivity index (χ4n) is 1.87. The molecule has 0 aliphatic rings. The maximum atomic E-state index is 12.4. The van der Waals surface area contributed by atoms with Gasteiger partial charge in [0, 0.05) is 25.3 Å². The summed E-state index contributed by atoms with van der Waals surface area (Å²) < 4.78 is 41.3. The molecule has 0 fully saturated rings. The number of hydrogen-bond donors (Lipinski definition) is 0. The van der Waals surface area contributed by atoms with Gasteiger partial charge >= 0.3 is 6.36 Å². The summed E-state index contributed by atoms with van der Waals surface area (Å²) >= 11 is 0. The highest BCUT2D eigenvalue weighted by molar-refractivity contribution is 5.73. The largest absolute Gasteiger partial charge is 0.573 e. The summed E-state index contributed by atoms with van der Waals surface area (Å²) in [6.07, 6.45) is -4.70. The number of anilines is 1. The maximum absolute atomic E-state index is 12.4. The fraction of sp³-hybridized carbons (Fsp3) is 0.200. The van der Waals surface area contributed by atoms with Crippen LogP contribution in [0.2, 0.25) is 0 Å². The summed E-state index contributed by atoms with van der Waals surface area (Å²) in [5, 5.41) is 0. The normalized spacial score (nSPS) is 11.2. The van der Waals surface area contributed by atoms with Crippen LogP contribution in [0.15, 0.2) is 48.5 Å². The van der Waals surface area contributed by atoms with Crippen LogP contribution in [0.3, 0.4) is 0 Å². The van der Waals surface area contributed by atoms with Crippen molar-refractivity contribution < 1.29 is 17.9 Å². The predicted octanol–water partition coefficient (Wildman–Crippen LogP) is 4.32. The van der Waals surface area contributed by atoms with E-state index in [1.54, 1.807) is 24.3 Å². The Morgan fingerprint density at radius 2 is 1.65 bits per heavy atom. The number of para-hydroxylation sites is 1. The average Bonchev–Trinajstić information content (AvgIpc) is 2.37. The molecular formula is C15H14F3NO. The summed E-state index contributed by atoms with van der Waals surface area (Å²) in [6, 6.07) is 13.4. The Bertz CT molecular complexity index is 594. The Labute approximate surface area is 115 Å². The van der Waals surface area contributed by atoms with Crippen molar-refractivity contribution in [1.29, 1.82) is 0 Å². The van der Waals surface area contributed by atoms with Crippen molar-refractivity contribution in [2.24, 2.45) is 0 Å². The van der Waals surface area contributed by atoms with Crippen LogP contribution in [-0.4, -0.2) is 20.5 Å². The van der Waals surface area contributed by atoms with Gasteiger partial charge in [0.1, 0.15) is 5.75 Å². The van der Waals surface area contributed by atoms with Crippen molar-refractivity contribution in [2.75, 3.05) is 19.0 Å². The minimum atomic E-state index is -4.70. The molecule has 0 aromatic heterocycles. The molecule has 0 amide bonds. The van der Waals surface area contributed by atoms with E-state index in [0.717, 1.165) is 5.69 Å². The van der Waals surface area contributed by atoms with E-state index in [9.17, 15) is 13.2 Å². The van der Waals surface area contributed by atoms with Gasteiger partial charge in [0.05, 0.1) is 0 Å². The van der Waals surface area contributed by atoms with E-state index in [-0.39, 0.29) is 5.75 Å². The van der Waals surface area contributed by atoms with Crippen LogP contribution in [0, 0.1) is 0 Å². The smallest absolute Gasteiger partial charge is 0.405 e. The molecule has 2 aromatic carbocycles. The lowest BCUT2D eigenvalue weighted by molar-refractivity contribution is -0.274. The summed E-state index contributed by atoms with van der Waals surface area (Å²) in [6.45, 7) is 0. The lowest BCUT2D eigenvalue weighted by Gasteiger charge is -2.16. The molecule has 0 radical (unpaired) electrons. The fourth-order valence-corrected chi connectivity index (χ4v) is 1.87. The standard InChI is InChI=1S/C15H14F3NO/c1-19(2)12-7-5-6-11(10-12)13-8-3-4-9-14(13)20-15(16,17)18/h3-10H,1-2H3. The van der Waals surface area contributed by atoms with Gasteiger partial charge in [0.25, 0.3) is 0 Å². The van der Waals surface area contributed by atoms with Gasteiger partial charge in [0.15, 0.2) is 0 Å². The van der Waals surface area contributed by atoms with Crippen LogP contribution in [0.5, 0.6) is 5.75 Å². The van der Waals surface area contributed by atoms with Crippen LogP contribution >= 0.6 is 0 Å². The van der Waals surface area contributed by atoms with Gasteiger partial charge in [-0.1, -0.05) is 30.3 Å². The van der Waals surface area contributed by atoms with Crippen LogP contribution in [0.4, 0.5) is 18.9 Å². The number of ether oxygens (including phenoxy) is 1. The highest BCUT2D eigenvalue weighted by Crippen LogP contribution is 2.34. The van der Waals surface area contributed by atoms with Gasteiger partial charge in [-0.25, -0.2) is 0 Å². The third-order valence-electron chi connectivity index (χ3n) is 2.79. The summed E-state index contributed by atoms with van der Waals surface area (Å²) in [5.74, 6) is -0.198. The van der Waals surface area contributed by atoms with Gasteiger partial charge in [-0.3, -0.25) is 0 Å². The number of nitrogens with zero attached hydrogens (tertiary/aromatic N) is 1. The Morgan fingerprint density at radius 1 is 0.950 bits per heavy atom. The lowest BCUT2D eigenvalue weighted by atomic mass is 10.0. The van der Waals surface area contributed by atoms with Crippen molar-refractivity contribution in [3.05, 3.63) is 48.5 Å². The van der Waals surface area contributed by atoms with Crippen molar-refractivity contribution in [3.63, 3.8) is 0 Å². The molecular weight excluding hydrogens is 267 g/mol. The highest BCUT2D eigenvalue weighted by Gasteiger charge is 2.32. The molecule has 0 N–H and O–H groups in total. The summed E-state index contributed by atoms with van der Waals surface area (Å²) in [4.78, 5) is 1.89. The molecule has 0 spiro atoms. The van der Waals surface area contributed by atoms with E-state index in [2.05, 4.69) is 4.74 Å². The van der Waals surface area contributed by atoms with E-state index in [4.69, 9.17) is 0 Å². The maximum Gasteiger partial charge on any atom is 0.573 e. The first-order valence-electron chi connectivity index (χ1n) is 5.99. The van der Waals surface area contributed by atoms with Crippen LogP contribution in [0.25, 0.3) is 11.1 Å². The van der Waals surface area contributed by atoms with Gasteiger partial charge in [-0.05, 0) is 23.8 Å². The van der Waals surface area contributed by atoms with Crippen molar-refractivity contribution in [1.82, 2.24) is 0 Å². The van der Waals surface area contributed by atoms with Crippen LogP contribution in [0.1, 0.15) is 0 Å². The first kappa shape index (κ1) is 14.2. The first-order valence-corrected chi connectivity index (χ1v) is 5.99. The molecule has 0 heterocycles. The Hall–Kier alpha value is -2.17. The molecule has 20 heavy (non-hydrogen) atoms. The van der Waals surface area contributed by atoms with Crippen LogP contribution < -0.4 is 9.64 Å². The second-order valence-electron chi connectivity index (χ2n) is 4.49. The zero-order chi connectivity index (χ0) is 14.8. The quantitative estimate of drug-likeness (QED) is 0.830. The molecule has 2 nitrogen and oxygen atoms in total. The predicted molar refractivity (Wildman–Crippen MR) is 72.9 cm³/mol. The molecule has 0 atom stereocenters. The second-order valence-corrected chi connectivity index (χ2v) is 4.49. The molecule has 0 bridgehead atoms. The zero-order valence-corrected chi connectivity index (χ0v) is 11.1.